The normalized spacial score (nSPS) is 22.6. The summed E-state index contributed by atoms with van der Waals surface area (Å²) in [6, 6.07) is 5.41. The van der Waals surface area contributed by atoms with Gasteiger partial charge in [0, 0.05) is 12.8 Å². The van der Waals surface area contributed by atoms with Gasteiger partial charge in [0.05, 0.1) is 19.1 Å². The third-order valence-corrected chi connectivity index (χ3v) is 3.14. The second kappa shape index (κ2) is 4.33. The first-order chi connectivity index (χ1) is 8.74. The Bertz CT molecular complexity index is 512. The number of fused-ring (bicyclic) bond motifs is 1. The van der Waals surface area contributed by atoms with Crippen molar-refractivity contribution >= 4 is 11.8 Å². The molecule has 1 N–H and O–H groups in total. The summed E-state index contributed by atoms with van der Waals surface area (Å²) in [7, 11) is 0. The van der Waals surface area contributed by atoms with Crippen molar-refractivity contribution in [3.05, 3.63) is 23.8 Å². The average Bonchev–Trinajstić information content (AvgIpc) is 2.58. The second-order valence-electron chi connectivity index (χ2n) is 4.43. The predicted molar refractivity (Wildman–Crippen MR) is 62.6 cm³/mol. The second-order valence-corrected chi connectivity index (χ2v) is 4.43. The summed E-state index contributed by atoms with van der Waals surface area (Å²) in [6.45, 7) is 1.24. The molecular weight excluding hydrogens is 234 g/mol. The predicted octanol–water partition coefficient (Wildman–Crippen LogP) is 0.978. The van der Waals surface area contributed by atoms with Crippen LogP contribution < -0.4 is 14.8 Å². The van der Waals surface area contributed by atoms with Gasteiger partial charge in [-0.1, -0.05) is 6.07 Å². The molecule has 5 nitrogen and oxygen atoms in total. The van der Waals surface area contributed by atoms with Gasteiger partial charge >= 0.3 is 0 Å². The zero-order chi connectivity index (χ0) is 12.5. The van der Waals surface area contributed by atoms with Gasteiger partial charge in [-0.2, -0.15) is 0 Å². The van der Waals surface area contributed by atoms with Crippen LogP contribution >= 0.6 is 0 Å². The van der Waals surface area contributed by atoms with Crippen LogP contribution in [-0.2, 0) is 9.59 Å². The quantitative estimate of drug-likeness (QED) is 0.751. The molecule has 2 aliphatic heterocycles. The van der Waals surface area contributed by atoms with Crippen LogP contribution in [0.5, 0.6) is 11.5 Å². The third kappa shape index (κ3) is 1.92. The van der Waals surface area contributed by atoms with Crippen LogP contribution in [0.25, 0.3) is 0 Å². The summed E-state index contributed by atoms with van der Waals surface area (Å²) in [5.74, 6) is 0.472. The zero-order valence-corrected chi connectivity index (χ0v) is 9.77. The third-order valence-electron chi connectivity index (χ3n) is 3.14. The van der Waals surface area contributed by atoms with Gasteiger partial charge in [-0.15, -0.1) is 0 Å². The van der Waals surface area contributed by atoms with Gasteiger partial charge in [0.2, 0.25) is 11.8 Å². The molecule has 1 aromatic rings. The van der Waals surface area contributed by atoms with E-state index < -0.39 is 5.92 Å². The fourth-order valence-electron chi connectivity index (χ4n) is 2.22. The molecule has 3 rings (SSSR count). The van der Waals surface area contributed by atoms with E-state index in [0.29, 0.717) is 24.7 Å². The molecule has 2 heterocycles. The molecule has 0 bridgehead atoms. The maximum absolute atomic E-state index is 11.6. The lowest BCUT2D eigenvalue weighted by molar-refractivity contribution is -0.125. The summed E-state index contributed by atoms with van der Waals surface area (Å²) < 4.78 is 11.1. The van der Waals surface area contributed by atoms with Gasteiger partial charge in [0.25, 0.3) is 0 Å². The summed E-state index contributed by atoms with van der Waals surface area (Å²) in [4.78, 5) is 22.8. The Balaban J connectivity index is 1.92. The Morgan fingerprint density at radius 3 is 2.61 bits per heavy atom. The monoisotopic (exact) mass is 247 g/mol. The highest BCUT2D eigenvalue weighted by Gasteiger charge is 2.32. The largest absolute Gasteiger partial charge is 0.490 e. The summed E-state index contributed by atoms with van der Waals surface area (Å²) in [6.07, 6.45) is 1.05. The van der Waals surface area contributed by atoms with E-state index in [-0.39, 0.29) is 18.2 Å². The van der Waals surface area contributed by atoms with Crippen molar-refractivity contribution in [1.29, 1.82) is 0 Å². The SMILES string of the molecule is O=C1CC(c2ccc3c(c2)OCCCO3)C(=O)N1. The molecule has 0 spiro atoms. The molecule has 1 saturated heterocycles. The number of rotatable bonds is 1. The van der Waals surface area contributed by atoms with Gasteiger partial charge in [-0.05, 0) is 17.7 Å². The molecule has 1 fully saturated rings. The van der Waals surface area contributed by atoms with Crippen molar-refractivity contribution in [1.82, 2.24) is 5.32 Å². The number of nitrogens with one attached hydrogen (secondary N) is 1. The standard InChI is InChI=1S/C13H13NO4/c15-12-7-9(13(16)14-12)8-2-3-10-11(6-8)18-5-1-4-17-10/h2-3,6,9H,1,4-5,7H2,(H,14,15,16). The maximum Gasteiger partial charge on any atom is 0.234 e. The van der Waals surface area contributed by atoms with Crippen LogP contribution in [0, 0.1) is 0 Å². The number of amides is 2. The first-order valence-electron chi connectivity index (χ1n) is 5.97. The molecule has 18 heavy (non-hydrogen) atoms. The number of carbonyl (C=O) groups is 2. The Labute approximate surface area is 104 Å². The van der Waals surface area contributed by atoms with E-state index in [1.54, 1.807) is 12.1 Å². The van der Waals surface area contributed by atoms with E-state index in [2.05, 4.69) is 5.32 Å². The fourth-order valence-corrected chi connectivity index (χ4v) is 2.22. The van der Waals surface area contributed by atoms with Gasteiger partial charge in [-0.25, -0.2) is 0 Å². The van der Waals surface area contributed by atoms with E-state index >= 15 is 0 Å². The molecule has 2 amide bonds. The molecule has 5 heteroatoms. The van der Waals surface area contributed by atoms with E-state index in [1.165, 1.54) is 0 Å². The van der Waals surface area contributed by atoms with E-state index in [0.717, 1.165) is 12.0 Å². The Kier molecular flexibility index (Phi) is 2.66. The van der Waals surface area contributed by atoms with Crippen LogP contribution in [0.1, 0.15) is 24.3 Å². The molecule has 1 unspecified atom stereocenters. The minimum atomic E-state index is -0.408. The van der Waals surface area contributed by atoms with Crippen molar-refractivity contribution in [2.45, 2.75) is 18.8 Å². The minimum Gasteiger partial charge on any atom is -0.490 e. The molecule has 94 valence electrons. The number of hydrogen-bond donors (Lipinski definition) is 1. The Morgan fingerprint density at radius 1 is 1.11 bits per heavy atom. The smallest absolute Gasteiger partial charge is 0.234 e. The van der Waals surface area contributed by atoms with Crippen molar-refractivity contribution in [2.75, 3.05) is 13.2 Å². The molecule has 1 aromatic carbocycles. The van der Waals surface area contributed by atoms with E-state index in [1.807, 2.05) is 6.07 Å². The van der Waals surface area contributed by atoms with E-state index in [9.17, 15) is 9.59 Å². The maximum atomic E-state index is 11.6. The highest BCUT2D eigenvalue weighted by Crippen LogP contribution is 2.34. The highest BCUT2D eigenvalue weighted by molar-refractivity contribution is 6.06. The average molecular weight is 247 g/mol. The first-order valence-corrected chi connectivity index (χ1v) is 5.97. The van der Waals surface area contributed by atoms with Crippen LogP contribution in [0.4, 0.5) is 0 Å². The number of hydrogen-bond acceptors (Lipinski definition) is 4. The molecule has 1 atom stereocenters. The van der Waals surface area contributed by atoms with Gasteiger partial charge in [-0.3, -0.25) is 14.9 Å². The molecule has 2 aliphatic rings. The highest BCUT2D eigenvalue weighted by atomic mass is 16.5. The summed E-state index contributed by atoms with van der Waals surface area (Å²) in [5, 5.41) is 2.31. The van der Waals surface area contributed by atoms with Crippen LogP contribution in [0.3, 0.4) is 0 Å². The fraction of sp³-hybridized carbons (Fsp3) is 0.385. The summed E-state index contributed by atoms with van der Waals surface area (Å²) >= 11 is 0. The van der Waals surface area contributed by atoms with Crippen molar-refractivity contribution < 1.29 is 19.1 Å². The summed E-state index contributed by atoms with van der Waals surface area (Å²) in [5.41, 5.74) is 0.794. The Hall–Kier alpha value is -2.04. The lowest BCUT2D eigenvalue weighted by atomic mass is 9.97. The number of ether oxygens (including phenoxy) is 2. The number of carbonyl (C=O) groups excluding carboxylic acids is 2. The topological polar surface area (TPSA) is 64.6 Å². The van der Waals surface area contributed by atoms with Crippen LogP contribution in [0.15, 0.2) is 18.2 Å². The van der Waals surface area contributed by atoms with Crippen molar-refractivity contribution in [2.24, 2.45) is 0 Å². The molecule has 0 radical (unpaired) electrons. The van der Waals surface area contributed by atoms with Gasteiger partial charge in [0.15, 0.2) is 11.5 Å². The molecular formula is C13H13NO4. The van der Waals surface area contributed by atoms with Gasteiger partial charge in [0.1, 0.15) is 0 Å². The van der Waals surface area contributed by atoms with Gasteiger partial charge < -0.3 is 9.47 Å². The van der Waals surface area contributed by atoms with Crippen molar-refractivity contribution in [3.63, 3.8) is 0 Å². The van der Waals surface area contributed by atoms with Crippen LogP contribution in [0.2, 0.25) is 0 Å². The number of imide groups is 1. The lowest BCUT2D eigenvalue weighted by Gasteiger charge is -2.11. The molecule has 0 aromatic heterocycles. The van der Waals surface area contributed by atoms with Crippen LogP contribution in [-0.4, -0.2) is 25.0 Å². The molecule has 0 aliphatic carbocycles. The Morgan fingerprint density at radius 2 is 1.89 bits per heavy atom. The zero-order valence-electron chi connectivity index (χ0n) is 9.77. The number of benzene rings is 1. The molecule has 0 saturated carbocycles. The van der Waals surface area contributed by atoms with Crippen molar-refractivity contribution in [3.8, 4) is 11.5 Å². The van der Waals surface area contributed by atoms with E-state index in [4.69, 9.17) is 9.47 Å². The lowest BCUT2D eigenvalue weighted by Crippen LogP contribution is -2.21. The minimum absolute atomic E-state index is 0.207. The first kappa shape index (κ1) is 11.1.